The number of aromatic nitrogens is 1. The van der Waals surface area contributed by atoms with Crippen LogP contribution in [0.25, 0.3) is 21.9 Å². The summed E-state index contributed by atoms with van der Waals surface area (Å²) < 4.78 is 29.8. The summed E-state index contributed by atoms with van der Waals surface area (Å²) >= 11 is 0. The van der Waals surface area contributed by atoms with Crippen molar-refractivity contribution in [3.05, 3.63) is 65.5 Å². The highest BCUT2D eigenvalue weighted by Crippen LogP contribution is 2.37. The van der Waals surface area contributed by atoms with Crippen molar-refractivity contribution in [2.24, 2.45) is 0 Å². The number of nitrogens with zero attached hydrogens (tertiary/aromatic N) is 3. The third kappa shape index (κ3) is 5.86. The smallest absolute Gasteiger partial charge is 0.199 e. The highest BCUT2D eigenvalue weighted by Gasteiger charge is 2.22. The molecular formula is C31H33N3O5. The van der Waals surface area contributed by atoms with E-state index in [0.29, 0.717) is 36.7 Å². The number of hydrogen-bond donors (Lipinski definition) is 0. The van der Waals surface area contributed by atoms with Crippen molar-refractivity contribution in [1.82, 2.24) is 9.88 Å². The van der Waals surface area contributed by atoms with Gasteiger partial charge in [-0.1, -0.05) is 18.2 Å². The SMILES string of the molecule is N#Cc1cnc2cc(OCCCN3CCOCC3)cc(OC3CCCCO3)c2c1Cc1cccc2ccoc12. The standard InChI is InChI=1S/C31H33N3O5/c32-20-24-21-33-27-18-25(36-13-4-9-34-10-15-35-16-11-34)19-28(39-29-7-1-2-12-37-29)30(27)26(24)17-23-6-3-5-22-8-14-38-31(22)23/h3,5-6,8,14,18-19,21,29H,1-2,4,7,9-13,15-17H2. The molecule has 0 bridgehead atoms. The van der Waals surface area contributed by atoms with E-state index in [1.165, 1.54) is 0 Å². The first kappa shape index (κ1) is 25.6. The van der Waals surface area contributed by atoms with Gasteiger partial charge in [0, 0.05) is 61.6 Å². The van der Waals surface area contributed by atoms with Crippen molar-refractivity contribution < 1.29 is 23.4 Å². The molecule has 4 heterocycles. The maximum atomic E-state index is 10.0. The molecule has 4 aromatic rings. The number of nitriles is 1. The van der Waals surface area contributed by atoms with Gasteiger partial charge in [0.15, 0.2) is 6.29 Å². The zero-order valence-electron chi connectivity index (χ0n) is 22.1. The lowest BCUT2D eigenvalue weighted by atomic mass is 9.95. The van der Waals surface area contributed by atoms with E-state index in [0.717, 1.165) is 91.5 Å². The fourth-order valence-electron chi connectivity index (χ4n) is 5.42. The highest BCUT2D eigenvalue weighted by molar-refractivity contribution is 5.92. The molecule has 202 valence electrons. The number of morpholine rings is 1. The van der Waals surface area contributed by atoms with Crippen molar-refractivity contribution >= 4 is 21.9 Å². The zero-order chi connectivity index (χ0) is 26.4. The Balaban J connectivity index is 1.33. The van der Waals surface area contributed by atoms with Gasteiger partial charge in [-0.3, -0.25) is 9.88 Å². The van der Waals surface area contributed by atoms with Crippen LogP contribution in [-0.4, -0.2) is 62.2 Å². The molecule has 8 nitrogen and oxygen atoms in total. The van der Waals surface area contributed by atoms with Crippen LogP contribution in [0.5, 0.6) is 11.5 Å². The molecule has 2 fully saturated rings. The monoisotopic (exact) mass is 527 g/mol. The molecule has 8 heteroatoms. The Morgan fingerprint density at radius 2 is 2.03 bits per heavy atom. The summed E-state index contributed by atoms with van der Waals surface area (Å²) in [6.45, 7) is 5.76. The lowest BCUT2D eigenvalue weighted by molar-refractivity contribution is -0.105. The second-order valence-electron chi connectivity index (χ2n) is 10.1. The summed E-state index contributed by atoms with van der Waals surface area (Å²) in [6.07, 6.45) is 7.32. The number of rotatable bonds is 9. The van der Waals surface area contributed by atoms with Gasteiger partial charge in [-0.15, -0.1) is 0 Å². The molecule has 2 aliphatic rings. The van der Waals surface area contributed by atoms with Gasteiger partial charge in [0.25, 0.3) is 0 Å². The van der Waals surface area contributed by atoms with Crippen LogP contribution in [0, 0.1) is 11.3 Å². The van der Waals surface area contributed by atoms with E-state index < -0.39 is 0 Å². The average molecular weight is 528 g/mol. The quantitative estimate of drug-likeness (QED) is 0.266. The zero-order valence-corrected chi connectivity index (χ0v) is 22.1. The van der Waals surface area contributed by atoms with Gasteiger partial charge in [0.2, 0.25) is 0 Å². The van der Waals surface area contributed by atoms with Crippen molar-refractivity contribution in [1.29, 1.82) is 5.26 Å². The lowest BCUT2D eigenvalue weighted by Crippen LogP contribution is -2.37. The number of para-hydroxylation sites is 1. The van der Waals surface area contributed by atoms with E-state index in [-0.39, 0.29) is 6.29 Å². The maximum Gasteiger partial charge on any atom is 0.199 e. The summed E-state index contributed by atoms with van der Waals surface area (Å²) in [5, 5.41) is 11.9. The van der Waals surface area contributed by atoms with Gasteiger partial charge in [0.1, 0.15) is 23.2 Å². The van der Waals surface area contributed by atoms with Crippen LogP contribution in [0.15, 0.2) is 53.3 Å². The first-order valence-corrected chi connectivity index (χ1v) is 13.8. The van der Waals surface area contributed by atoms with Crippen molar-refractivity contribution in [2.45, 2.75) is 38.4 Å². The van der Waals surface area contributed by atoms with Gasteiger partial charge < -0.3 is 23.4 Å². The Labute approximate surface area is 228 Å². The van der Waals surface area contributed by atoms with Crippen LogP contribution >= 0.6 is 0 Å². The fourth-order valence-corrected chi connectivity index (χ4v) is 5.42. The molecular weight excluding hydrogens is 494 g/mol. The summed E-state index contributed by atoms with van der Waals surface area (Å²) in [6, 6.07) is 14.2. The molecule has 2 aromatic heterocycles. The van der Waals surface area contributed by atoms with E-state index in [1.807, 2.05) is 36.4 Å². The Morgan fingerprint density at radius 1 is 1.10 bits per heavy atom. The molecule has 0 spiro atoms. The highest BCUT2D eigenvalue weighted by atomic mass is 16.7. The van der Waals surface area contributed by atoms with Gasteiger partial charge >= 0.3 is 0 Å². The second kappa shape index (κ2) is 12.0. The van der Waals surface area contributed by atoms with Crippen molar-refractivity contribution in [3.63, 3.8) is 0 Å². The second-order valence-corrected chi connectivity index (χ2v) is 10.1. The summed E-state index contributed by atoms with van der Waals surface area (Å²) in [5.41, 5.74) is 3.93. The van der Waals surface area contributed by atoms with Crippen LogP contribution in [0.1, 0.15) is 42.4 Å². The molecule has 0 saturated carbocycles. The predicted octanol–water partition coefficient (Wildman–Crippen LogP) is 5.45. The fraction of sp³-hybridized carbons (Fsp3) is 0.419. The van der Waals surface area contributed by atoms with E-state index in [4.69, 9.17) is 23.4 Å². The lowest BCUT2D eigenvalue weighted by Gasteiger charge is -2.26. The van der Waals surface area contributed by atoms with E-state index >= 15 is 0 Å². The largest absolute Gasteiger partial charge is 0.493 e. The number of pyridine rings is 1. The number of hydrogen-bond acceptors (Lipinski definition) is 8. The molecule has 0 radical (unpaired) electrons. The normalized spacial score (nSPS) is 18.3. The van der Waals surface area contributed by atoms with E-state index in [2.05, 4.69) is 16.0 Å². The minimum Gasteiger partial charge on any atom is -0.493 e. The molecule has 2 aromatic carbocycles. The minimum atomic E-state index is -0.342. The van der Waals surface area contributed by atoms with Crippen LogP contribution in [0.4, 0.5) is 0 Å². The third-order valence-electron chi connectivity index (χ3n) is 7.45. The van der Waals surface area contributed by atoms with Crippen LogP contribution < -0.4 is 9.47 Å². The molecule has 1 atom stereocenters. The average Bonchev–Trinajstić information content (AvgIpc) is 3.47. The summed E-state index contributed by atoms with van der Waals surface area (Å²) in [5.74, 6) is 1.33. The van der Waals surface area contributed by atoms with Crippen LogP contribution in [0.2, 0.25) is 0 Å². The first-order chi connectivity index (χ1) is 19.3. The molecule has 1 unspecified atom stereocenters. The molecule has 39 heavy (non-hydrogen) atoms. The number of furan rings is 1. The van der Waals surface area contributed by atoms with Gasteiger partial charge in [-0.05, 0) is 36.5 Å². The van der Waals surface area contributed by atoms with E-state index in [9.17, 15) is 5.26 Å². The van der Waals surface area contributed by atoms with Gasteiger partial charge in [-0.2, -0.15) is 5.26 Å². The summed E-state index contributed by atoms with van der Waals surface area (Å²) in [7, 11) is 0. The van der Waals surface area contributed by atoms with Gasteiger partial charge in [0.05, 0.1) is 43.8 Å². The van der Waals surface area contributed by atoms with E-state index in [1.54, 1.807) is 12.5 Å². The van der Waals surface area contributed by atoms with Crippen LogP contribution in [0.3, 0.4) is 0 Å². The van der Waals surface area contributed by atoms with Crippen LogP contribution in [-0.2, 0) is 15.9 Å². The van der Waals surface area contributed by atoms with Crippen molar-refractivity contribution in [3.8, 4) is 17.6 Å². The van der Waals surface area contributed by atoms with Gasteiger partial charge in [-0.25, -0.2) is 0 Å². The number of benzene rings is 2. The molecule has 2 saturated heterocycles. The molecule has 0 amide bonds. The molecule has 2 aliphatic heterocycles. The Hall–Kier alpha value is -3.64. The summed E-state index contributed by atoms with van der Waals surface area (Å²) in [4.78, 5) is 7.06. The van der Waals surface area contributed by atoms with Crippen molar-refractivity contribution in [2.75, 3.05) is 46.1 Å². The Bertz CT molecular complexity index is 1460. The number of ether oxygens (including phenoxy) is 4. The molecule has 6 rings (SSSR count). The number of fused-ring (bicyclic) bond motifs is 2. The Morgan fingerprint density at radius 3 is 2.87 bits per heavy atom. The topological polar surface area (TPSA) is 90.0 Å². The first-order valence-electron chi connectivity index (χ1n) is 13.8. The molecule has 0 aliphatic carbocycles. The minimum absolute atomic E-state index is 0.342. The molecule has 0 N–H and O–H groups in total. The third-order valence-corrected chi connectivity index (χ3v) is 7.45. The predicted molar refractivity (Wildman–Crippen MR) is 147 cm³/mol. The maximum absolute atomic E-state index is 10.0. The Kier molecular flexibility index (Phi) is 7.91.